The van der Waals surface area contributed by atoms with E-state index in [2.05, 4.69) is 43.3 Å². The second-order valence-corrected chi connectivity index (χ2v) is 18.5. The number of aromatic amines is 1. The Hall–Kier alpha value is -8.75. The molecule has 1 unspecified atom stereocenters. The van der Waals surface area contributed by atoms with Crippen molar-refractivity contribution in [1.82, 2.24) is 55.3 Å². The van der Waals surface area contributed by atoms with Crippen LogP contribution in [0.25, 0.3) is 28.3 Å². The summed E-state index contributed by atoms with van der Waals surface area (Å²) in [5, 5.41) is 15.2. The third-order valence-corrected chi connectivity index (χ3v) is 12.5. The van der Waals surface area contributed by atoms with Crippen LogP contribution in [0, 0.1) is 12.8 Å². The highest BCUT2D eigenvalue weighted by molar-refractivity contribution is 6.12. The maximum absolute atomic E-state index is 14.2. The summed E-state index contributed by atoms with van der Waals surface area (Å²) in [4.78, 5) is 110. The predicted molar refractivity (Wildman–Crippen MR) is 279 cm³/mol. The smallest absolute Gasteiger partial charge is 0.410 e. The van der Waals surface area contributed by atoms with Crippen molar-refractivity contribution >= 4 is 53.0 Å². The van der Waals surface area contributed by atoms with Crippen LogP contribution < -0.4 is 27.0 Å². The number of imidazole rings is 1. The maximum Gasteiger partial charge on any atom is 0.410 e. The van der Waals surface area contributed by atoms with E-state index in [1.54, 1.807) is 47.5 Å². The number of benzene rings is 2. The third kappa shape index (κ3) is 14.9. The van der Waals surface area contributed by atoms with Gasteiger partial charge in [-0.3, -0.25) is 38.8 Å². The number of unbranched alkanes of at least 4 members (excludes halogenated alkanes) is 2. The first-order valence-corrected chi connectivity index (χ1v) is 25.0. The summed E-state index contributed by atoms with van der Waals surface area (Å²) >= 11 is 0. The second kappa shape index (κ2) is 25.8. The molecular weight excluding hydrogens is 959 g/mol. The fourth-order valence-electron chi connectivity index (χ4n) is 8.52. The summed E-state index contributed by atoms with van der Waals surface area (Å²) in [5.74, 6) is -2.01. The highest BCUT2D eigenvalue weighted by Gasteiger charge is 2.30. The lowest BCUT2D eigenvalue weighted by Gasteiger charge is -2.25. The molecular formula is C54H63N13O8. The standard InChI is InChI=1S/C54H63N13O8/c1-5-37-14-8-9-15-38(37)29-65(31-43-62-49(39-21-24-44-57-33-58-67(44)30-39)50(63-43)41-16-11-13-35(4)59-41)54(74)75-32-36-19-22-40(23-20-36)60-51(71)42(17-12-27-56-53(55)73)61-52(72)48(34(2)3)64-45(68)18-7-6-10-28-66-46(69)25-26-47(66)70/h8-9,11,13-16,19-26,30,33-34,42,48H,5-7,10,12,17-18,27-29,31-32H2,1-4H3,(H,60,71)(H,61,72)(H,62,63)(H,64,68)(H3,55,56,73)/t42-,48?/m0/s1. The van der Waals surface area contributed by atoms with Crippen LogP contribution in [-0.4, -0.2) is 106 Å². The van der Waals surface area contributed by atoms with Gasteiger partial charge in [-0.05, 0) is 98.0 Å². The quantitative estimate of drug-likeness (QED) is 0.0289. The molecule has 0 bridgehead atoms. The van der Waals surface area contributed by atoms with Crippen molar-refractivity contribution < 1.29 is 38.3 Å². The van der Waals surface area contributed by atoms with Crippen molar-refractivity contribution in [3.8, 4) is 22.6 Å². The summed E-state index contributed by atoms with van der Waals surface area (Å²) in [6.45, 7) is 8.14. The molecule has 5 heterocycles. The number of nitrogens with zero attached hydrogens (tertiary/aromatic N) is 7. The van der Waals surface area contributed by atoms with E-state index in [-0.39, 0.29) is 69.3 Å². The molecule has 0 aliphatic carbocycles. The number of primary amides is 1. The number of nitrogens with one attached hydrogen (secondary N) is 5. The van der Waals surface area contributed by atoms with Gasteiger partial charge in [0.05, 0.1) is 17.9 Å². The first-order valence-electron chi connectivity index (χ1n) is 25.0. The molecule has 1 aliphatic heterocycles. The number of ether oxygens (including phenoxy) is 1. The van der Waals surface area contributed by atoms with Gasteiger partial charge in [-0.25, -0.2) is 24.1 Å². The SMILES string of the molecule is CCc1ccccc1CN(Cc1nc(-c2cccc(C)n2)c(-c2ccc3ncnn3c2)[nH]1)C(=O)OCc1ccc(NC(=O)[C@H](CCCNC(N)=O)NC(=O)C(NC(=O)CCCCCN2C(=O)C=CC2=O)C(C)C)cc1. The van der Waals surface area contributed by atoms with Crippen LogP contribution in [0.3, 0.4) is 0 Å². The lowest BCUT2D eigenvalue weighted by Crippen LogP contribution is -2.54. The number of anilines is 1. The van der Waals surface area contributed by atoms with Gasteiger partial charge in [0.25, 0.3) is 11.8 Å². The van der Waals surface area contributed by atoms with E-state index in [4.69, 9.17) is 20.4 Å². The molecule has 75 heavy (non-hydrogen) atoms. The molecule has 6 aromatic rings. The first-order chi connectivity index (χ1) is 36.1. The number of fused-ring (bicyclic) bond motifs is 1. The molecule has 2 aromatic carbocycles. The number of aryl methyl sites for hydroxylation is 2. The van der Waals surface area contributed by atoms with Gasteiger partial charge < -0.3 is 36.7 Å². The first kappa shape index (κ1) is 54.0. The Balaban J connectivity index is 0.996. The minimum atomic E-state index is -1.06. The van der Waals surface area contributed by atoms with Crippen LogP contribution in [0.15, 0.2) is 104 Å². The van der Waals surface area contributed by atoms with E-state index in [9.17, 15) is 33.6 Å². The monoisotopic (exact) mass is 1020 g/mol. The molecule has 21 heteroatoms. The van der Waals surface area contributed by atoms with Crippen molar-refractivity contribution in [1.29, 1.82) is 0 Å². The van der Waals surface area contributed by atoms with Crippen molar-refractivity contribution in [2.24, 2.45) is 11.7 Å². The highest BCUT2D eigenvalue weighted by atomic mass is 16.6. The van der Waals surface area contributed by atoms with E-state index in [1.165, 1.54) is 18.5 Å². The molecule has 8 amide bonds. The van der Waals surface area contributed by atoms with Gasteiger partial charge in [-0.1, -0.05) is 69.7 Å². The van der Waals surface area contributed by atoms with Crippen LogP contribution in [0.1, 0.15) is 87.5 Å². The summed E-state index contributed by atoms with van der Waals surface area (Å²) in [7, 11) is 0. The molecule has 1 aliphatic rings. The van der Waals surface area contributed by atoms with Crippen molar-refractivity contribution in [2.45, 2.75) is 104 Å². The Bertz CT molecular complexity index is 3020. The van der Waals surface area contributed by atoms with E-state index in [0.717, 1.165) is 33.7 Å². The van der Waals surface area contributed by atoms with E-state index in [0.29, 0.717) is 65.5 Å². The Kier molecular flexibility index (Phi) is 18.6. The fourth-order valence-corrected chi connectivity index (χ4v) is 8.52. The molecule has 0 saturated carbocycles. The number of aromatic nitrogens is 6. The van der Waals surface area contributed by atoms with Gasteiger partial charge in [0, 0.05) is 61.3 Å². The minimum Gasteiger partial charge on any atom is -0.445 e. The summed E-state index contributed by atoms with van der Waals surface area (Å²) < 4.78 is 7.63. The van der Waals surface area contributed by atoms with Gasteiger partial charge in [0.2, 0.25) is 17.7 Å². The number of H-pyrrole nitrogens is 1. The van der Waals surface area contributed by atoms with Crippen LogP contribution in [0.5, 0.6) is 0 Å². The molecule has 0 spiro atoms. The second-order valence-electron chi connectivity index (χ2n) is 18.5. The van der Waals surface area contributed by atoms with Crippen LogP contribution in [-0.2, 0) is 54.8 Å². The Labute approximate surface area is 434 Å². The lowest BCUT2D eigenvalue weighted by molar-refractivity contribution is -0.137. The topological polar surface area (TPSA) is 281 Å². The molecule has 0 radical (unpaired) electrons. The fraction of sp³-hybridized carbons (Fsp3) is 0.352. The zero-order chi connectivity index (χ0) is 53.4. The van der Waals surface area contributed by atoms with Gasteiger partial charge in [-0.2, -0.15) is 5.10 Å². The average Bonchev–Trinajstić information content (AvgIpc) is 4.13. The Morgan fingerprint density at radius 2 is 1.59 bits per heavy atom. The van der Waals surface area contributed by atoms with Gasteiger partial charge in [0.15, 0.2) is 5.65 Å². The number of hydrogen-bond acceptors (Lipinski definition) is 12. The average molecular weight is 1020 g/mol. The number of carbonyl (C=O) groups is 7. The summed E-state index contributed by atoms with van der Waals surface area (Å²) in [5.41, 5.74) is 12.6. The maximum atomic E-state index is 14.2. The molecule has 7 N–H and O–H groups in total. The van der Waals surface area contributed by atoms with Crippen molar-refractivity contribution in [3.05, 3.63) is 132 Å². The van der Waals surface area contributed by atoms with E-state index >= 15 is 0 Å². The number of pyridine rings is 2. The molecule has 7 rings (SSSR count). The number of hydrogen-bond donors (Lipinski definition) is 6. The number of carbonyl (C=O) groups excluding carboxylic acids is 7. The number of nitrogens with two attached hydrogens (primary N) is 1. The molecule has 0 saturated heterocycles. The Morgan fingerprint density at radius 1 is 0.827 bits per heavy atom. The number of amides is 8. The normalized spacial score (nSPS) is 12.9. The number of imide groups is 1. The molecule has 4 aromatic heterocycles. The number of urea groups is 1. The van der Waals surface area contributed by atoms with Gasteiger partial charge >= 0.3 is 12.1 Å². The lowest BCUT2D eigenvalue weighted by atomic mass is 10.0. The molecule has 2 atom stereocenters. The molecule has 21 nitrogen and oxygen atoms in total. The Morgan fingerprint density at radius 3 is 2.31 bits per heavy atom. The van der Waals surface area contributed by atoms with Crippen molar-refractivity contribution in [2.75, 3.05) is 18.4 Å². The van der Waals surface area contributed by atoms with E-state index < -0.39 is 36.0 Å². The number of rotatable bonds is 25. The van der Waals surface area contributed by atoms with Gasteiger partial charge in [0.1, 0.15) is 36.5 Å². The zero-order valence-corrected chi connectivity index (χ0v) is 42.5. The zero-order valence-electron chi connectivity index (χ0n) is 42.5. The van der Waals surface area contributed by atoms with Crippen LogP contribution in [0.4, 0.5) is 15.3 Å². The largest absolute Gasteiger partial charge is 0.445 e. The third-order valence-electron chi connectivity index (χ3n) is 12.5. The molecule has 0 fully saturated rings. The summed E-state index contributed by atoms with van der Waals surface area (Å²) in [6, 6.07) is 21.4. The van der Waals surface area contributed by atoms with Crippen LogP contribution in [0.2, 0.25) is 0 Å². The highest BCUT2D eigenvalue weighted by Crippen LogP contribution is 2.30. The van der Waals surface area contributed by atoms with E-state index in [1.807, 2.05) is 67.7 Å². The van der Waals surface area contributed by atoms with Gasteiger partial charge in [-0.15, -0.1) is 0 Å². The molecule has 392 valence electrons. The minimum absolute atomic E-state index is 0.0694. The summed E-state index contributed by atoms with van der Waals surface area (Å²) in [6.07, 6.45) is 8.09. The van der Waals surface area contributed by atoms with Crippen LogP contribution >= 0.6 is 0 Å². The predicted octanol–water partition coefficient (Wildman–Crippen LogP) is 5.89. The van der Waals surface area contributed by atoms with Crippen molar-refractivity contribution in [3.63, 3.8) is 0 Å².